The second-order valence-corrected chi connectivity index (χ2v) is 6.94. The number of nitrogens with two attached hydrogens (primary N) is 1. The molecule has 0 aromatic heterocycles. The highest BCUT2D eigenvalue weighted by Crippen LogP contribution is 2.35. The molecule has 28 heavy (non-hydrogen) atoms. The lowest BCUT2D eigenvalue weighted by molar-refractivity contribution is 0.211. The van der Waals surface area contributed by atoms with Crippen LogP contribution in [-0.4, -0.2) is 37.2 Å². The molecule has 2 aromatic carbocycles. The number of hydrogen-bond acceptors (Lipinski definition) is 5. The molecule has 0 fully saturated rings. The predicted octanol–water partition coefficient (Wildman–Crippen LogP) is 3.47. The van der Waals surface area contributed by atoms with E-state index in [4.69, 9.17) is 15.2 Å². The molecule has 0 bridgehead atoms. The molecule has 0 spiro atoms. The van der Waals surface area contributed by atoms with Crippen molar-refractivity contribution >= 4 is 6.09 Å². The van der Waals surface area contributed by atoms with Crippen LogP contribution >= 0.6 is 0 Å². The van der Waals surface area contributed by atoms with Crippen LogP contribution in [0.25, 0.3) is 0 Å². The van der Waals surface area contributed by atoms with Gasteiger partial charge in [-0.1, -0.05) is 26.0 Å². The number of nitrogens with zero attached hydrogens (tertiary/aromatic N) is 1. The van der Waals surface area contributed by atoms with E-state index in [0.717, 1.165) is 62.6 Å². The van der Waals surface area contributed by atoms with Crippen molar-refractivity contribution in [2.45, 2.75) is 33.2 Å². The number of hydrogen-bond donors (Lipinski definition) is 2. The summed E-state index contributed by atoms with van der Waals surface area (Å²) in [5.41, 5.74) is 8.55. The molecule has 6 nitrogen and oxygen atoms in total. The van der Waals surface area contributed by atoms with Gasteiger partial charge in [0.2, 0.25) is 0 Å². The molecule has 3 rings (SSSR count). The van der Waals surface area contributed by atoms with E-state index < -0.39 is 6.09 Å². The van der Waals surface area contributed by atoms with Crippen LogP contribution in [0.2, 0.25) is 0 Å². The van der Waals surface area contributed by atoms with Gasteiger partial charge in [0.15, 0.2) is 0 Å². The molecular weight excluding hydrogens is 354 g/mol. The Labute approximate surface area is 166 Å². The first-order valence-corrected chi connectivity index (χ1v) is 9.92. The second-order valence-electron chi connectivity index (χ2n) is 6.94. The van der Waals surface area contributed by atoms with Crippen LogP contribution in [0, 0.1) is 0 Å². The van der Waals surface area contributed by atoms with Gasteiger partial charge in [0, 0.05) is 19.6 Å². The minimum Gasteiger partial charge on any atom is -0.457 e. The molecule has 0 unspecified atom stereocenters. The lowest BCUT2D eigenvalue weighted by Gasteiger charge is -2.18. The zero-order valence-corrected chi connectivity index (χ0v) is 16.7. The molecule has 0 radical (unpaired) electrons. The number of benzene rings is 2. The van der Waals surface area contributed by atoms with Gasteiger partial charge in [0.05, 0.1) is 0 Å². The normalized spacial score (nSPS) is 12.7. The highest BCUT2D eigenvalue weighted by Gasteiger charge is 2.16. The number of amides is 1. The van der Waals surface area contributed by atoms with Gasteiger partial charge in [-0.3, -0.25) is 0 Å². The number of carbonyl (C=O) groups excluding carboxylic acids is 1. The molecule has 2 aromatic rings. The van der Waals surface area contributed by atoms with Crippen LogP contribution in [-0.2, 0) is 19.4 Å². The largest absolute Gasteiger partial charge is 0.457 e. The van der Waals surface area contributed by atoms with Crippen molar-refractivity contribution < 1.29 is 14.3 Å². The molecule has 0 saturated carbocycles. The zero-order chi connectivity index (χ0) is 19.9. The SMILES string of the molecule is CCN(CC)CCNCc1ccc2c(c1)CCc1cc(OC(N)=O)ccc1O2. The molecular formula is C22H29N3O3. The fourth-order valence-corrected chi connectivity index (χ4v) is 3.47. The van der Waals surface area contributed by atoms with Crippen molar-refractivity contribution in [1.29, 1.82) is 0 Å². The molecule has 1 amide bonds. The van der Waals surface area contributed by atoms with Gasteiger partial charge in [-0.25, -0.2) is 4.79 Å². The summed E-state index contributed by atoms with van der Waals surface area (Å²) >= 11 is 0. The Kier molecular flexibility index (Phi) is 6.90. The molecule has 150 valence electrons. The van der Waals surface area contributed by atoms with E-state index in [1.54, 1.807) is 6.07 Å². The van der Waals surface area contributed by atoms with Crippen molar-refractivity contribution in [2.24, 2.45) is 5.73 Å². The third kappa shape index (κ3) is 5.24. The third-order valence-electron chi connectivity index (χ3n) is 5.09. The van der Waals surface area contributed by atoms with Crippen LogP contribution in [0.3, 0.4) is 0 Å². The highest BCUT2D eigenvalue weighted by atomic mass is 16.5. The Morgan fingerprint density at radius 1 is 1.11 bits per heavy atom. The van der Waals surface area contributed by atoms with Crippen molar-refractivity contribution in [3.8, 4) is 17.2 Å². The highest BCUT2D eigenvalue weighted by molar-refractivity contribution is 5.68. The predicted molar refractivity (Wildman–Crippen MR) is 110 cm³/mol. The average molecular weight is 383 g/mol. The summed E-state index contributed by atoms with van der Waals surface area (Å²) in [6.45, 7) is 9.43. The quantitative estimate of drug-likeness (QED) is 0.683. The van der Waals surface area contributed by atoms with E-state index in [1.165, 1.54) is 11.1 Å². The van der Waals surface area contributed by atoms with E-state index in [2.05, 4.69) is 36.2 Å². The summed E-state index contributed by atoms with van der Waals surface area (Å²) in [4.78, 5) is 13.4. The Bertz CT molecular complexity index is 819. The van der Waals surface area contributed by atoms with E-state index >= 15 is 0 Å². The Hall–Kier alpha value is -2.57. The topological polar surface area (TPSA) is 76.8 Å². The van der Waals surface area contributed by atoms with E-state index in [1.807, 2.05) is 18.2 Å². The molecule has 0 atom stereocenters. The Morgan fingerprint density at radius 3 is 2.46 bits per heavy atom. The van der Waals surface area contributed by atoms with Crippen LogP contribution in [0.1, 0.15) is 30.5 Å². The smallest absolute Gasteiger partial charge is 0.409 e. The van der Waals surface area contributed by atoms with E-state index in [-0.39, 0.29) is 0 Å². The zero-order valence-electron chi connectivity index (χ0n) is 16.7. The maximum absolute atomic E-state index is 11.0. The molecule has 1 aliphatic heterocycles. The summed E-state index contributed by atoms with van der Waals surface area (Å²) < 4.78 is 11.1. The maximum Gasteiger partial charge on any atom is 0.409 e. The maximum atomic E-state index is 11.0. The van der Waals surface area contributed by atoms with Crippen LogP contribution in [0.4, 0.5) is 4.79 Å². The first-order chi connectivity index (χ1) is 13.6. The lowest BCUT2D eigenvalue weighted by atomic mass is 10.0. The van der Waals surface area contributed by atoms with Crippen molar-refractivity contribution in [1.82, 2.24) is 10.2 Å². The number of ether oxygens (including phenoxy) is 2. The van der Waals surface area contributed by atoms with Crippen LogP contribution in [0.5, 0.6) is 17.2 Å². The first-order valence-electron chi connectivity index (χ1n) is 9.92. The van der Waals surface area contributed by atoms with Crippen molar-refractivity contribution in [3.63, 3.8) is 0 Å². The van der Waals surface area contributed by atoms with Gasteiger partial charge in [-0.05, 0) is 66.9 Å². The van der Waals surface area contributed by atoms with Gasteiger partial charge < -0.3 is 25.4 Å². The van der Waals surface area contributed by atoms with E-state index in [9.17, 15) is 4.79 Å². The Balaban J connectivity index is 1.62. The molecule has 1 aliphatic rings. The van der Waals surface area contributed by atoms with E-state index in [0.29, 0.717) is 5.75 Å². The third-order valence-corrected chi connectivity index (χ3v) is 5.09. The fourth-order valence-electron chi connectivity index (χ4n) is 3.47. The van der Waals surface area contributed by atoms with Gasteiger partial charge in [-0.2, -0.15) is 0 Å². The number of fused-ring (bicyclic) bond motifs is 2. The number of primary amides is 1. The monoisotopic (exact) mass is 383 g/mol. The summed E-state index contributed by atoms with van der Waals surface area (Å²) in [7, 11) is 0. The van der Waals surface area contributed by atoms with Gasteiger partial charge >= 0.3 is 6.09 Å². The molecule has 1 heterocycles. The summed E-state index contributed by atoms with van der Waals surface area (Å²) in [5, 5.41) is 3.52. The van der Waals surface area contributed by atoms with Gasteiger partial charge in [0.1, 0.15) is 17.2 Å². The van der Waals surface area contributed by atoms with Gasteiger partial charge in [-0.15, -0.1) is 0 Å². The number of nitrogens with one attached hydrogen (secondary N) is 1. The number of rotatable bonds is 8. The molecule has 0 saturated heterocycles. The second kappa shape index (κ2) is 9.57. The van der Waals surface area contributed by atoms with Crippen molar-refractivity contribution in [3.05, 3.63) is 53.1 Å². The van der Waals surface area contributed by atoms with Crippen molar-refractivity contribution in [2.75, 3.05) is 26.2 Å². The standard InChI is InChI=1S/C22H29N3O3/c1-3-25(4-2)12-11-24-15-16-5-9-20-17(13-16)6-7-18-14-19(27-22(23)26)8-10-21(18)28-20/h5,8-10,13-14,24H,3-4,6-7,11-12,15H2,1-2H3,(H2,23,26). The summed E-state index contributed by atoms with van der Waals surface area (Å²) in [5.74, 6) is 2.12. The van der Waals surface area contributed by atoms with Crippen LogP contribution in [0.15, 0.2) is 36.4 Å². The Morgan fingerprint density at radius 2 is 1.79 bits per heavy atom. The minimum atomic E-state index is -0.809. The molecule has 6 heteroatoms. The number of likely N-dealkylation sites (N-methyl/N-ethyl adjacent to an activating group) is 1. The molecule has 3 N–H and O–H groups in total. The number of aryl methyl sites for hydroxylation is 2. The number of carbonyl (C=O) groups is 1. The fraction of sp³-hybridized carbons (Fsp3) is 0.409. The van der Waals surface area contributed by atoms with Gasteiger partial charge in [0.25, 0.3) is 0 Å². The summed E-state index contributed by atoms with van der Waals surface area (Å²) in [6, 6.07) is 11.7. The first kappa shape index (κ1) is 20.2. The van der Waals surface area contributed by atoms with Crippen LogP contribution < -0.4 is 20.5 Å². The molecule has 0 aliphatic carbocycles. The minimum absolute atomic E-state index is 0.443. The lowest BCUT2D eigenvalue weighted by Crippen LogP contribution is -2.31. The summed E-state index contributed by atoms with van der Waals surface area (Å²) in [6.07, 6.45) is 0.878. The average Bonchev–Trinajstić information content (AvgIpc) is 2.86.